The zero-order valence-corrected chi connectivity index (χ0v) is 9.01. The van der Waals surface area contributed by atoms with Crippen molar-refractivity contribution in [1.82, 2.24) is 0 Å². The first-order valence-electron chi connectivity index (χ1n) is 5.35. The van der Waals surface area contributed by atoms with Gasteiger partial charge in [-0.1, -0.05) is 19.1 Å². The molecule has 2 aliphatic carbocycles. The second kappa shape index (κ2) is 3.11. The van der Waals surface area contributed by atoms with Crippen molar-refractivity contribution in [3.63, 3.8) is 0 Å². The molecule has 0 saturated heterocycles. The molecule has 2 fully saturated rings. The van der Waals surface area contributed by atoms with Gasteiger partial charge in [-0.25, -0.2) is 0 Å². The molecule has 0 spiro atoms. The highest BCUT2D eigenvalue weighted by molar-refractivity contribution is 5.79. The van der Waals surface area contributed by atoms with E-state index in [1.54, 1.807) is 0 Å². The number of carbonyl (C=O) groups is 1. The molecule has 0 radical (unpaired) electrons. The standard InChI is InChI=1S/C12H18O2/c1-8-4-5-12(7-8,11(13)14-3)10-6-9(10)2/h9-10H,1,4-7H2,2-3H3. The van der Waals surface area contributed by atoms with E-state index < -0.39 is 0 Å². The van der Waals surface area contributed by atoms with E-state index in [1.807, 2.05) is 0 Å². The molecule has 14 heavy (non-hydrogen) atoms. The quantitative estimate of drug-likeness (QED) is 0.499. The van der Waals surface area contributed by atoms with Crippen molar-refractivity contribution in [2.75, 3.05) is 7.11 Å². The second-order valence-corrected chi connectivity index (χ2v) is 4.89. The lowest BCUT2D eigenvalue weighted by Gasteiger charge is -2.25. The summed E-state index contributed by atoms with van der Waals surface area (Å²) in [5.74, 6) is 1.24. The zero-order valence-electron chi connectivity index (χ0n) is 9.01. The molecule has 78 valence electrons. The van der Waals surface area contributed by atoms with E-state index in [0.717, 1.165) is 19.3 Å². The van der Waals surface area contributed by atoms with Crippen molar-refractivity contribution in [2.24, 2.45) is 17.3 Å². The highest BCUT2D eigenvalue weighted by atomic mass is 16.5. The van der Waals surface area contributed by atoms with E-state index in [1.165, 1.54) is 19.1 Å². The van der Waals surface area contributed by atoms with Crippen molar-refractivity contribution < 1.29 is 9.53 Å². The molecule has 2 nitrogen and oxygen atoms in total. The SMILES string of the molecule is C=C1CCC(C(=O)OC)(C2CC2C)C1. The highest BCUT2D eigenvalue weighted by Gasteiger charge is 2.57. The van der Waals surface area contributed by atoms with E-state index in [0.29, 0.717) is 11.8 Å². The Labute approximate surface area is 85.3 Å². The Morgan fingerprint density at radius 3 is 2.64 bits per heavy atom. The third kappa shape index (κ3) is 1.28. The molecule has 3 unspecified atom stereocenters. The molecule has 0 aromatic heterocycles. The number of hydrogen-bond acceptors (Lipinski definition) is 2. The average molecular weight is 194 g/mol. The normalized spacial score (nSPS) is 41.1. The van der Waals surface area contributed by atoms with Gasteiger partial charge in [0.15, 0.2) is 0 Å². The molecular weight excluding hydrogens is 176 g/mol. The fourth-order valence-corrected chi connectivity index (χ4v) is 2.96. The Morgan fingerprint density at radius 1 is 1.64 bits per heavy atom. The van der Waals surface area contributed by atoms with Crippen molar-refractivity contribution in [3.8, 4) is 0 Å². The lowest BCUT2D eigenvalue weighted by molar-refractivity contribution is -0.154. The van der Waals surface area contributed by atoms with Gasteiger partial charge in [0.25, 0.3) is 0 Å². The largest absolute Gasteiger partial charge is 0.469 e. The molecule has 0 heterocycles. The van der Waals surface area contributed by atoms with Crippen molar-refractivity contribution >= 4 is 5.97 Å². The highest BCUT2D eigenvalue weighted by Crippen LogP contribution is 2.59. The predicted molar refractivity (Wildman–Crippen MR) is 54.7 cm³/mol. The average Bonchev–Trinajstić information content (AvgIpc) is 2.76. The minimum atomic E-state index is -0.203. The molecule has 2 saturated carbocycles. The Kier molecular flexibility index (Phi) is 2.17. The maximum absolute atomic E-state index is 11.8. The predicted octanol–water partition coefficient (Wildman–Crippen LogP) is 2.54. The van der Waals surface area contributed by atoms with Gasteiger partial charge in [-0.3, -0.25) is 4.79 Å². The summed E-state index contributed by atoms with van der Waals surface area (Å²) in [6.45, 7) is 6.21. The Hall–Kier alpha value is -0.790. The van der Waals surface area contributed by atoms with Gasteiger partial charge in [0.05, 0.1) is 12.5 Å². The van der Waals surface area contributed by atoms with E-state index in [2.05, 4.69) is 13.5 Å². The summed E-state index contributed by atoms with van der Waals surface area (Å²) < 4.78 is 4.96. The first-order chi connectivity index (χ1) is 6.60. The Morgan fingerprint density at radius 2 is 2.29 bits per heavy atom. The molecule has 0 bridgehead atoms. The lowest BCUT2D eigenvalue weighted by atomic mass is 9.80. The van der Waals surface area contributed by atoms with E-state index in [9.17, 15) is 4.79 Å². The van der Waals surface area contributed by atoms with Crippen LogP contribution in [0.25, 0.3) is 0 Å². The van der Waals surface area contributed by atoms with Gasteiger partial charge in [0, 0.05) is 0 Å². The summed E-state index contributed by atoms with van der Waals surface area (Å²) in [5.41, 5.74) is 1.01. The number of methoxy groups -OCH3 is 1. The molecule has 2 heteroatoms. The van der Waals surface area contributed by atoms with E-state index in [-0.39, 0.29) is 11.4 Å². The Balaban J connectivity index is 2.21. The van der Waals surface area contributed by atoms with Crippen molar-refractivity contribution in [2.45, 2.75) is 32.6 Å². The minimum absolute atomic E-state index is 0.00880. The molecule has 0 aliphatic heterocycles. The minimum Gasteiger partial charge on any atom is -0.469 e. The van der Waals surface area contributed by atoms with Gasteiger partial charge in [-0.2, -0.15) is 0 Å². The summed E-state index contributed by atoms with van der Waals surface area (Å²) in [6.07, 6.45) is 3.99. The zero-order chi connectivity index (χ0) is 10.3. The molecule has 2 aliphatic rings. The maximum atomic E-state index is 11.8. The number of hydrogen-bond donors (Lipinski definition) is 0. The van der Waals surface area contributed by atoms with Crippen LogP contribution in [0, 0.1) is 17.3 Å². The Bertz CT molecular complexity index is 282. The van der Waals surface area contributed by atoms with Crippen LogP contribution in [0.15, 0.2) is 12.2 Å². The van der Waals surface area contributed by atoms with Gasteiger partial charge in [0.2, 0.25) is 0 Å². The second-order valence-electron chi connectivity index (χ2n) is 4.89. The molecule has 0 N–H and O–H groups in total. The molecule has 3 atom stereocenters. The van der Waals surface area contributed by atoms with Crippen LogP contribution in [0.4, 0.5) is 0 Å². The monoisotopic (exact) mass is 194 g/mol. The van der Waals surface area contributed by atoms with Crippen molar-refractivity contribution in [1.29, 1.82) is 0 Å². The fraction of sp³-hybridized carbons (Fsp3) is 0.750. The third-order valence-corrected chi connectivity index (χ3v) is 3.90. The molecule has 2 rings (SSSR count). The number of esters is 1. The van der Waals surface area contributed by atoms with Crippen LogP contribution in [0.2, 0.25) is 0 Å². The maximum Gasteiger partial charge on any atom is 0.312 e. The van der Waals surface area contributed by atoms with Crippen LogP contribution in [0.3, 0.4) is 0 Å². The summed E-state index contributed by atoms with van der Waals surface area (Å²) in [7, 11) is 1.50. The summed E-state index contributed by atoms with van der Waals surface area (Å²) in [5, 5.41) is 0. The topological polar surface area (TPSA) is 26.3 Å². The third-order valence-electron chi connectivity index (χ3n) is 3.90. The summed E-state index contributed by atoms with van der Waals surface area (Å²) in [4.78, 5) is 11.8. The number of rotatable bonds is 2. The van der Waals surface area contributed by atoms with Gasteiger partial charge in [0.1, 0.15) is 0 Å². The molecule has 0 aromatic rings. The first-order valence-corrected chi connectivity index (χ1v) is 5.35. The fourth-order valence-electron chi connectivity index (χ4n) is 2.96. The van der Waals surface area contributed by atoms with Gasteiger partial charge >= 0.3 is 5.97 Å². The molecular formula is C12H18O2. The summed E-state index contributed by atoms with van der Waals surface area (Å²) >= 11 is 0. The van der Waals surface area contributed by atoms with Crippen LogP contribution in [0.1, 0.15) is 32.6 Å². The van der Waals surface area contributed by atoms with Crippen LogP contribution in [-0.2, 0) is 9.53 Å². The lowest BCUT2D eigenvalue weighted by Crippen LogP contribution is -2.32. The number of carbonyl (C=O) groups excluding carboxylic acids is 1. The number of ether oxygens (including phenoxy) is 1. The molecule has 0 amide bonds. The van der Waals surface area contributed by atoms with Crippen LogP contribution >= 0.6 is 0 Å². The van der Waals surface area contributed by atoms with Crippen molar-refractivity contribution in [3.05, 3.63) is 12.2 Å². The van der Waals surface area contributed by atoms with Gasteiger partial charge in [-0.15, -0.1) is 0 Å². The van der Waals surface area contributed by atoms with Crippen LogP contribution in [0.5, 0.6) is 0 Å². The van der Waals surface area contributed by atoms with E-state index >= 15 is 0 Å². The van der Waals surface area contributed by atoms with E-state index in [4.69, 9.17) is 4.74 Å². The van der Waals surface area contributed by atoms with Crippen LogP contribution in [-0.4, -0.2) is 13.1 Å². The van der Waals surface area contributed by atoms with Gasteiger partial charge < -0.3 is 4.74 Å². The smallest absolute Gasteiger partial charge is 0.312 e. The first kappa shape index (κ1) is 9.75. The van der Waals surface area contributed by atoms with Gasteiger partial charge in [-0.05, 0) is 37.5 Å². The number of allylic oxidation sites excluding steroid dienone is 1. The van der Waals surface area contributed by atoms with Crippen LogP contribution < -0.4 is 0 Å². The summed E-state index contributed by atoms with van der Waals surface area (Å²) in [6, 6.07) is 0. The molecule has 0 aromatic carbocycles.